The molecule has 0 saturated carbocycles. The molecule has 0 unspecified atom stereocenters. The molecule has 0 amide bonds. The molecule has 0 heteroatoms. The first-order chi connectivity index (χ1) is 8.78. The summed E-state index contributed by atoms with van der Waals surface area (Å²) in [5.41, 5.74) is 2.61. The molecule has 0 radical (unpaired) electrons. The lowest BCUT2D eigenvalue weighted by molar-refractivity contribution is 0.772. The third-order valence-corrected chi connectivity index (χ3v) is 2.46. The Kier molecular flexibility index (Phi) is 17.1. The summed E-state index contributed by atoms with van der Waals surface area (Å²) in [6.07, 6.45) is 8.34. The quantitative estimate of drug-likeness (QED) is 0.557. The van der Waals surface area contributed by atoms with Crippen LogP contribution in [0.4, 0.5) is 0 Å². The Bertz CT molecular complexity index is 254. The van der Waals surface area contributed by atoms with Crippen LogP contribution in [0.15, 0.2) is 30.8 Å². The molecule has 0 saturated heterocycles. The van der Waals surface area contributed by atoms with Gasteiger partial charge >= 0.3 is 0 Å². The highest BCUT2D eigenvalue weighted by molar-refractivity contribution is 5.47. The van der Waals surface area contributed by atoms with Crippen molar-refractivity contribution in [1.29, 1.82) is 0 Å². The highest BCUT2D eigenvalue weighted by Crippen LogP contribution is 2.06. The number of aryl methyl sites for hydroxylation is 1. The lowest BCUT2D eigenvalue weighted by atomic mass is 10.1. The highest BCUT2D eigenvalue weighted by Gasteiger charge is 1.89. The minimum absolute atomic E-state index is 1.18. The van der Waals surface area contributed by atoms with Gasteiger partial charge in [0.15, 0.2) is 0 Å². The molecule has 1 aromatic carbocycles. The van der Waals surface area contributed by atoms with Gasteiger partial charge in [-0.1, -0.05) is 97.2 Å². The van der Waals surface area contributed by atoms with Gasteiger partial charge in [-0.3, -0.25) is 0 Å². The van der Waals surface area contributed by atoms with Crippen LogP contribution in [-0.2, 0) is 6.42 Å². The van der Waals surface area contributed by atoms with Crippen LogP contribution in [0, 0.1) is 0 Å². The Hall–Kier alpha value is -1.04. The monoisotopic (exact) mass is 248 g/mol. The third kappa shape index (κ3) is 11.4. The Morgan fingerprint density at radius 3 is 1.67 bits per heavy atom. The molecule has 0 aliphatic carbocycles. The first-order valence-corrected chi connectivity index (χ1v) is 7.49. The van der Waals surface area contributed by atoms with Crippen LogP contribution in [0.3, 0.4) is 0 Å². The summed E-state index contributed by atoms with van der Waals surface area (Å²) >= 11 is 0. The van der Waals surface area contributed by atoms with Crippen LogP contribution in [0.5, 0.6) is 0 Å². The summed E-state index contributed by atoms with van der Waals surface area (Å²) in [5.74, 6) is 0. The molecule has 0 fully saturated rings. The van der Waals surface area contributed by atoms with Crippen LogP contribution in [-0.4, -0.2) is 0 Å². The third-order valence-electron chi connectivity index (χ3n) is 2.46. The van der Waals surface area contributed by atoms with E-state index in [1.54, 1.807) is 0 Å². The van der Waals surface area contributed by atoms with E-state index in [1.807, 2.05) is 19.9 Å². The number of hydrogen-bond donors (Lipinski definition) is 0. The maximum atomic E-state index is 3.71. The lowest BCUT2D eigenvalue weighted by Crippen LogP contribution is -1.81. The molecule has 0 atom stereocenters. The van der Waals surface area contributed by atoms with Gasteiger partial charge in [0.25, 0.3) is 0 Å². The van der Waals surface area contributed by atoms with Gasteiger partial charge in [-0.15, -0.1) is 0 Å². The number of rotatable bonds is 5. The summed E-state index contributed by atoms with van der Waals surface area (Å²) in [7, 11) is 0. The second kappa shape index (κ2) is 16.0. The largest absolute Gasteiger partial charge is 0.0985 e. The Balaban J connectivity index is 0. The molecule has 104 valence electrons. The van der Waals surface area contributed by atoms with Crippen molar-refractivity contribution in [3.63, 3.8) is 0 Å². The van der Waals surface area contributed by atoms with Crippen LogP contribution >= 0.6 is 0 Å². The molecular weight excluding hydrogens is 216 g/mol. The number of benzene rings is 1. The number of unbranched alkanes of at least 4 members (excludes halogenated alkanes) is 2. The molecule has 0 aliphatic heterocycles. The van der Waals surface area contributed by atoms with Crippen molar-refractivity contribution in [3.05, 3.63) is 42.0 Å². The van der Waals surface area contributed by atoms with Crippen LogP contribution in [0.2, 0.25) is 0 Å². The average Bonchev–Trinajstić information content (AvgIpc) is 2.44. The van der Waals surface area contributed by atoms with E-state index in [-0.39, 0.29) is 0 Å². The molecular formula is C18H32. The standard InChI is InChI=1S/C11H14.C5H12.C2H6/c1-3-5-11-8-6-10(4-2)7-9-11;1-3-5-4-2;1-2/h4,6-9H,2-3,5H2,1H3;3-5H2,1-2H3;1-2H3. The molecule has 0 N–H and O–H groups in total. The molecule has 0 nitrogen and oxygen atoms in total. The molecule has 18 heavy (non-hydrogen) atoms. The van der Waals surface area contributed by atoms with Crippen LogP contribution < -0.4 is 0 Å². The van der Waals surface area contributed by atoms with Gasteiger partial charge in [0.05, 0.1) is 0 Å². The fraction of sp³-hybridized carbons (Fsp3) is 0.556. The van der Waals surface area contributed by atoms with Crippen molar-refractivity contribution < 1.29 is 0 Å². The van der Waals surface area contributed by atoms with E-state index >= 15 is 0 Å². The summed E-state index contributed by atoms with van der Waals surface area (Å²) < 4.78 is 0. The van der Waals surface area contributed by atoms with Crippen molar-refractivity contribution in [2.75, 3.05) is 0 Å². The van der Waals surface area contributed by atoms with Crippen molar-refractivity contribution in [3.8, 4) is 0 Å². The van der Waals surface area contributed by atoms with Crippen molar-refractivity contribution in [2.24, 2.45) is 0 Å². The Morgan fingerprint density at radius 1 is 0.889 bits per heavy atom. The second-order valence-electron chi connectivity index (χ2n) is 4.05. The summed E-state index contributed by atoms with van der Waals surface area (Å²) in [5, 5.41) is 0. The highest BCUT2D eigenvalue weighted by atomic mass is 13.9. The maximum absolute atomic E-state index is 3.71. The molecule has 1 aromatic rings. The van der Waals surface area contributed by atoms with Crippen molar-refractivity contribution >= 4 is 6.08 Å². The normalized spacial score (nSPS) is 8.50. The summed E-state index contributed by atoms with van der Waals surface area (Å²) in [4.78, 5) is 0. The second-order valence-corrected chi connectivity index (χ2v) is 4.05. The molecule has 1 rings (SSSR count). The zero-order chi connectivity index (χ0) is 14.2. The van der Waals surface area contributed by atoms with Gasteiger partial charge in [0, 0.05) is 0 Å². The summed E-state index contributed by atoms with van der Waals surface area (Å²) in [6.45, 7) is 14.3. The van der Waals surface area contributed by atoms with Gasteiger partial charge < -0.3 is 0 Å². The van der Waals surface area contributed by atoms with Crippen molar-refractivity contribution in [2.45, 2.75) is 66.7 Å². The Labute approximate surface area is 115 Å². The first kappa shape index (κ1) is 19.3. The van der Waals surface area contributed by atoms with E-state index in [2.05, 4.69) is 51.6 Å². The zero-order valence-corrected chi connectivity index (χ0v) is 13.1. The van der Waals surface area contributed by atoms with Crippen molar-refractivity contribution in [1.82, 2.24) is 0 Å². The fourth-order valence-electron chi connectivity index (χ4n) is 1.46. The molecule has 0 aromatic heterocycles. The van der Waals surface area contributed by atoms with E-state index in [0.717, 1.165) is 0 Å². The fourth-order valence-corrected chi connectivity index (χ4v) is 1.46. The van der Waals surface area contributed by atoms with Gasteiger partial charge in [-0.25, -0.2) is 0 Å². The van der Waals surface area contributed by atoms with Crippen LogP contribution in [0.25, 0.3) is 6.08 Å². The minimum Gasteiger partial charge on any atom is -0.0985 e. The van der Waals surface area contributed by atoms with E-state index in [4.69, 9.17) is 0 Å². The minimum atomic E-state index is 1.18. The van der Waals surface area contributed by atoms with Gasteiger partial charge in [0.1, 0.15) is 0 Å². The Morgan fingerprint density at radius 2 is 1.39 bits per heavy atom. The molecule has 0 heterocycles. The molecule has 0 aliphatic rings. The first-order valence-electron chi connectivity index (χ1n) is 7.49. The van der Waals surface area contributed by atoms with Gasteiger partial charge in [-0.05, 0) is 17.5 Å². The topological polar surface area (TPSA) is 0 Å². The molecule has 0 bridgehead atoms. The van der Waals surface area contributed by atoms with E-state index in [9.17, 15) is 0 Å². The SMILES string of the molecule is C=Cc1ccc(CCC)cc1.CC.CCCCC. The predicted octanol–water partition coefficient (Wildman–Crippen LogP) is 6.50. The lowest BCUT2D eigenvalue weighted by Gasteiger charge is -1.97. The van der Waals surface area contributed by atoms with E-state index in [0.29, 0.717) is 0 Å². The van der Waals surface area contributed by atoms with Gasteiger partial charge in [0.2, 0.25) is 0 Å². The summed E-state index contributed by atoms with van der Waals surface area (Å²) in [6, 6.07) is 8.55. The smallest absolute Gasteiger partial charge is 0.0262 e. The van der Waals surface area contributed by atoms with E-state index in [1.165, 1.54) is 43.2 Å². The zero-order valence-electron chi connectivity index (χ0n) is 13.1. The molecule has 0 spiro atoms. The maximum Gasteiger partial charge on any atom is -0.0262 e. The predicted molar refractivity (Wildman–Crippen MR) is 87.1 cm³/mol. The average molecular weight is 248 g/mol. The van der Waals surface area contributed by atoms with Crippen LogP contribution in [0.1, 0.15) is 71.4 Å². The number of hydrogen-bond acceptors (Lipinski definition) is 0. The van der Waals surface area contributed by atoms with Gasteiger partial charge in [-0.2, -0.15) is 0 Å². The van der Waals surface area contributed by atoms with E-state index < -0.39 is 0 Å².